The third-order valence-electron chi connectivity index (χ3n) is 7.63. The van der Waals surface area contributed by atoms with Crippen molar-refractivity contribution in [3.05, 3.63) is 95.6 Å². The Labute approximate surface area is 236 Å². The molecule has 2 amide bonds. The van der Waals surface area contributed by atoms with Gasteiger partial charge in [0.1, 0.15) is 0 Å². The highest BCUT2D eigenvalue weighted by molar-refractivity contribution is 7.89. The number of nitrogens with one attached hydrogen (secondary N) is 1. The summed E-state index contributed by atoms with van der Waals surface area (Å²) in [6.07, 6.45) is 4.30. The molecule has 0 aliphatic carbocycles. The van der Waals surface area contributed by atoms with Crippen LogP contribution >= 0.6 is 0 Å². The van der Waals surface area contributed by atoms with Gasteiger partial charge in [0, 0.05) is 51.4 Å². The van der Waals surface area contributed by atoms with Crippen LogP contribution in [-0.4, -0.2) is 73.6 Å². The van der Waals surface area contributed by atoms with Crippen molar-refractivity contribution in [1.29, 1.82) is 0 Å². The van der Waals surface area contributed by atoms with Gasteiger partial charge in [0.05, 0.1) is 16.1 Å². The van der Waals surface area contributed by atoms with Crippen LogP contribution in [0.15, 0.2) is 83.8 Å². The van der Waals surface area contributed by atoms with E-state index in [0.717, 1.165) is 44.3 Å². The number of piperazine rings is 1. The van der Waals surface area contributed by atoms with Gasteiger partial charge in [-0.1, -0.05) is 55.3 Å². The van der Waals surface area contributed by atoms with Crippen molar-refractivity contribution in [2.45, 2.75) is 37.1 Å². The number of sulfonamides is 1. The Morgan fingerprint density at radius 1 is 0.700 bits per heavy atom. The first-order valence-corrected chi connectivity index (χ1v) is 15.4. The minimum absolute atomic E-state index is 0.0372. The number of para-hydroxylation sites is 1. The lowest BCUT2D eigenvalue weighted by Crippen LogP contribution is -2.48. The smallest absolute Gasteiger partial charge is 0.255 e. The molecule has 0 atom stereocenters. The number of amides is 2. The predicted molar refractivity (Wildman–Crippen MR) is 156 cm³/mol. The number of hydrogen-bond donors (Lipinski definition) is 1. The highest BCUT2D eigenvalue weighted by atomic mass is 32.2. The van der Waals surface area contributed by atoms with Gasteiger partial charge < -0.3 is 10.2 Å². The molecule has 5 rings (SSSR count). The van der Waals surface area contributed by atoms with Crippen molar-refractivity contribution in [3.8, 4) is 0 Å². The molecular formula is C31H36N4O4S. The van der Waals surface area contributed by atoms with Crippen LogP contribution in [0.3, 0.4) is 0 Å². The second-order valence-electron chi connectivity index (χ2n) is 10.4. The van der Waals surface area contributed by atoms with Crippen molar-refractivity contribution in [3.63, 3.8) is 0 Å². The summed E-state index contributed by atoms with van der Waals surface area (Å²) >= 11 is 0. The minimum atomic E-state index is -3.48. The second-order valence-corrected chi connectivity index (χ2v) is 12.3. The molecule has 2 fully saturated rings. The molecule has 0 radical (unpaired) electrons. The quantitative estimate of drug-likeness (QED) is 0.461. The number of carbonyl (C=O) groups is 2. The van der Waals surface area contributed by atoms with Gasteiger partial charge in [0.15, 0.2) is 0 Å². The Bertz CT molecular complexity index is 1410. The average Bonchev–Trinajstić information content (AvgIpc) is 3.28. The lowest BCUT2D eigenvalue weighted by atomic mass is 10.1. The number of benzene rings is 3. The van der Waals surface area contributed by atoms with Gasteiger partial charge in [-0.25, -0.2) is 8.42 Å². The first kappa shape index (κ1) is 28.0. The third-order valence-corrected chi connectivity index (χ3v) is 9.55. The van der Waals surface area contributed by atoms with E-state index >= 15 is 0 Å². The Kier molecular flexibility index (Phi) is 8.94. The van der Waals surface area contributed by atoms with E-state index < -0.39 is 10.0 Å². The number of rotatable bonds is 7. The Hall–Kier alpha value is -3.53. The SMILES string of the molecule is O=C(Nc1ccccc1C(=O)N1CCCCCC1)c1ccc(CN2CCN(S(=O)(=O)c3ccccc3)CC2)cc1. The zero-order chi connectivity index (χ0) is 28.0. The maximum atomic E-state index is 13.2. The normalized spacial score (nSPS) is 17.2. The van der Waals surface area contributed by atoms with Crippen LogP contribution in [0.1, 0.15) is 52.0 Å². The van der Waals surface area contributed by atoms with Crippen LogP contribution in [0.4, 0.5) is 5.69 Å². The molecule has 2 heterocycles. The summed E-state index contributed by atoms with van der Waals surface area (Å²) in [5.41, 5.74) is 2.60. The fourth-order valence-corrected chi connectivity index (χ4v) is 6.75. The lowest BCUT2D eigenvalue weighted by molar-refractivity contribution is 0.0762. The van der Waals surface area contributed by atoms with Crippen LogP contribution in [0.5, 0.6) is 0 Å². The fourth-order valence-electron chi connectivity index (χ4n) is 5.31. The molecule has 2 aliphatic rings. The molecule has 0 spiro atoms. The van der Waals surface area contributed by atoms with Crippen LogP contribution < -0.4 is 5.32 Å². The van der Waals surface area contributed by atoms with E-state index in [-0.39, 0.29) is 11.8 Å². The summed E-state index contributed by atoms with van der Waals surface area (Å²) in [6.45, 7) is 4.32. The van der Waals surface area contributed by atoms with Crippen molar-refractivity contribution in [2.24, 2.45) is 0 Å². The number of hydrogen-bond acceptors (Lipinski definition) is 5. The Morgan fingerprint density at radius 3 is 2.00 bits per heavy atom. The Balaban J connectivity index is 1.17. The Morgan fingerprint density at radius 2 is 1.32 bits per heavy atom. The fraction of sp³-hybridized carbons (Fsp3) is 0.355. The van der Waals surface area contributed by atoms with Gasteiger partial charge >= 0.3 is 0 Å². The maximum Gasteiger partial charge on any atom is 0.255 e. The van der Waals surface area contributed by atoms with E-state index in [2.05, 4.69) is 10.2 Å². The summed E-state index contributed by atoms with van der Waals surface area (Å²) in [6, 6.07) is 23.2. The van der Waals surface area contributed by atoms with Crippen molar-refractivity contribution < 1.29 is 18.0 Å². The zero-order valence-corrected chi connectivity index (χ0v) is 23.5. The molecule has 40 heavy (non-hydrogen) atoms. The number of anilines is 1. The van der Waals surface area contributed by atoms with Crippen molar-refractivity contribution in [1.82, 2.24) is 14.1 Å². The van der Waals surface area contributed by atoms with Gasteiger partial charge in [0.25, 0.3) is 11.8 Å². The van der Waals surface area contributed by atoms with Gasteiger partial charge in [-0.15, -0.1) is 0 Å². The number of nitrogens with zero attached hydrogens (tertiary/aromatic N) is 3. The molecule has 0 aromatic heterocycles. The second kappa shape index (κ2) is 12.8. The highest BCUT2D eigenvalue weighted by Crippen LogP contribution is 2.22. The molecule has 0 bridgehead atoms. The zero-order valence-electron chi connectivity index (χ0n) is 22.7. The van der Waals surface area contributed by atoms with Crippen molar-refractivity contribution >= 4 is 27.5 Å². The van der Waals surface area contributed by atoms with E-state index in [1.54, 1.807) is 52.8 Å². The van der Waals surface area contributed by atoms with Gasteiger partial charge in [-0.3, -0.25) is 14.5 Å². The third kappa shape index (κ3) is 6.60. The van der Waals surface area contributed by atoms with Crippen molar-refractivity contribution in [2.75, 3.05) is 44.6 Å². The molecule has 9 heteroatoms. The summed E-state index contributed by atoms with van der Waals surface area (Å²) in [5.74, 6) is -0.299. The topological polar surface area (TPSA) is 90.0 Å². The van der Waals surface area contributed by atoms with Gasteiger partial charge in [-0.2, -0.15) is 4.31 Å². The highest BCUT2D eigenvalue weighted by Gasteiger charge is 2.28. The first-order chi connectivity index (χ1) is 19.4. The van der Waals surface area contributed by atoms with E-state index in [4.69, 9.17) is 0 Å². The van der Waals surface area contributed by atoms with Crippen LogP contribution in [-0.2, 0) is 16.6 Å². The summed E-state index contributed by atoms with van der Waals surface area (Å²) in [4.78, 5) is 30.7. The van der Waals surface area contributed by atoms with Gasteiger partial charge in [0.2, 0.25) is 10.0 Å². The largest absolute Gasteiger partial charge is 0.339 e. The molecule has 8 nitrogen and oxygen atoms in total. The number of carbonyl (C=O) groups excluding carboxylic acids is 2. The van der Waals surface area contributed by atoms with E-state index in [9.17, 15) is 18.0 Å². The summed E-state index contributed by atoms with van der Waals surface area (Å²) in [5, 5.41) is 2.94. The standard InChI is InChI=1S/C31H36N4O4S/c36-30(32-29-13-7-6-12-28(29)31(37)34-18-8-1-2-9-19-34)26-16-14-25(15-17-26)24-33-20-22-35(23-21-33)40(38,39)27-10-4-3-5-11-27/h3-7,10-17H,1-2,8-9,18-24H2,(H,32,36). The monoisotopic (exact) mass is 560 g/mol. The molecular weight excluding hydrogens is 524 g/mol. The molecule has 0 saturated carbocycles. The molecule has 2 saturated heterocycles. The van der Waals surface area contributed by atoms with E-state index in [1.807, 2.05) is 35.2 Å². The van der Waals surface area contributed by atoms with E-state index in [1.165, 1.54) is 0 Å². The maximum absolute atomic E-state index is 13.2. The minimum Gasteiger partial charge on any atom is -0.339 e. The molecule has 1 N–H and O–H groups in total. The molecule has 3 aromatic rings. The molecule has 210 valence electrons. The van der Waals surface area contributed by atoms with Crippen LogP contribution in [0.2, 0.25) is 0 Å². The van der Waals surface area contributed by atoms with Crippen LogP contribution in [0, 0.1) is 0 Å². The van der Waals surface area contributed by atoms with E-state index in [0.29, 0.717) is 54.4 Å². The molecule has 0 unspecified atom stereocenters. The van der Waals surface area contributed by atoms with Gasteiger partial charge in [-0.05, 0) is 54.8 Å². The molecule has 3 aromatic carbocycles. The van der Waals surface area contributed by atoms with Crippen LogP contribution in [0.25, 0.3) is 0 Å². The first-order valence-electron chi connectivity index (χ1n) is 14.0. The summed E-state index contributed by atoms with van der Waals surface area (Å²) in [7, 11) is -3.48. The molecule has 2 aliphatic heterocycles. The number of likely N-dealkylation sites (tertiary alicyclic amines) is 1. The predicted octanol–water partition coefficient (Wildman–Crippen LogP) is 4.46. The summed E-state index contributed by atoms with van der Waals surface area (Å²) < 4.78 is 27.3. The lowest BCUT2D eigenvalue weighted by Gasteiger charge is -2.34. The average molecular weight is 561 g/mol.